The number of likely N-dealkylation sites (tertiary alicyclic amines) is 1. The van der Waals surface area contributed by atoms with Crippen LogP contribution in [0.2, 0.25) is 0 Å². The quantitative estimate of drug-likeness (QED) is 0.720. The highest BCUT2D eigenvalue weighted by molar-refractivity contribution is 5.82. The van der Waals surface area contributed by atoms with Crippen molar-refractivity contribution in [2.75, 3.05) is 13.1 Å². The first-order chi connectivity index (χ1) is 10.7. The molecule has 0 saturated carbocycles. The molecule has 1 atom stereocenters. The molecule has 2 heterocycles. The number of amides is 2. The smallest absolute Gasteiger partial charge is 0.351 e. The molecule has 2 aliphatic heterocycles. The number of carbonyl (C=O) groups excluding carboxylic acids is 2. The molecule has 1 N–H and O–H groups in total. The molecule has 0 bridgehead atoms. The molecule has 2 rings (SSSR count). The molecular formula is C14H17F3N4O2. The van der Waals surface area contributed by atoms with Crippen molar-refractivity contribution in [1.29, 1.82) is 0 Å². The molecule has 1 saturated heterocycles. The largest absolute Gasteiger partial charge is 0.406 e. The molecule has 1 unspecified atom stereocenters. The third kappa shape index (κ3) is 5.23. The maximum absolute atomic E-state index is 12.3. The van der Waals surface area contributed by atoms with Crippen molar-refractivity contribution in [3.8, 4) is 12.3 Å². The van der Waals surface area contributed by atoms with E-state index in [0.29, 0.717) is 24.2 Å². The highest BCUT2D eigenvalue weighted by atomic mass is 19.4. The van der Waals surface area contributed by atoms with E-state index >= 15 is 0 Å². The Morgan fingerprint density at radius 1 is 1.43 bits per heavy atom. The van der Waals surface area contributed by atoms with Gasteiger partial charge in [-0.2, -0.15) is 23.4 Å². The zero-order chi connectivity index (χ0) is 17.1. The summed E-state index contributed by atoms with van der Waals surface area (Å²) < 4.78 is 36.9. The van der Waals surface area contributed by atoms with Crippen molar-refractivity contribution >= 4 is 11.8 Å². The SMILES string of the molecule is C#CCCC1(CCC(=O)NC2CC(=O)N(CC(F)(F)F)C2)N=N1. The molecule has 126 valence electrons. The lowest BCUT2D eigenvalue weighted by atomic mass is 10.0. The van der Waals surface area contributed by atoms with Gasteiger partial charge in [-0.1, -0.05) is 0 Å². The molecule has 9 heteroatoms. The van der Waals surface area contributed by atoms with Crippen LogP contribution in [0.5, 0.6) is 0 Å². The first kappa shape index (κ1) is 17.2. The van der Waals surface area contributed by atoms with Crippen LogP contribution in [0.3, 0.4) is 0 Å². The normalized spacial score (nSPS) is 22.1. The molecule has 0 aromatic carbocycles. The van der Waals surface area contributed by atoms with E-state index in [2.05, 4.69) is 21.5 Å². The molecule has 2 aliphatic rings. The lowest BCUT2D eigenvalue weighted by Crippen LogP contribution is -2.40. The van der Waals surface area contributed by atoms with Crippen LogP contribution in [-0.2, 0) is 9.59 Å². The first-order valence-electron chi connectivity index (χ1n) is 7.24. The topological polar surface area (TPSA) is 74.1 Å². The fourth-order valence-electron chi connectivity index (χ4n) is 2.52. The Morgan fingerprint density at radius 3 is 2.70 bits per heavy atom. The summed E-state index contributed by atoms with van der Waals surface area (Å²) in [4.78, 5) is 24.1. The average molecular weight is 330 g/mol. The third-order valence-electron chi connectivity index (χ3n) is 3.75. The van der Waals surface area contributed by atoms with Gasteiger partial charge in [0, 0.05) is 38.6 Å². The third-order valence-corrected chi connectivity index (χ3v) is 3.75. The van der Waals surface area contributed by atoms with Gasteiger partial charge in [0.05, 0.1) is 6.04 Å². The van der Waals surface area contributed by atoms with Crippen molar-refractivity contribution < 1.29 is 22.8 Å². The Balaban J connectivity index is 1.72. The molecule has 0 aromatic heterocycles. The van der Waals surface area contributed by atoms with E-state index in [0.717, 1.165) is 0 Å². The minimum absolute atomic E-state index is 0.112. The Kier molecular flexibility index (Phi) is 4.92. The van der Waals surface area contributed by atoms with Crippen LogP contribution in [0.25, 0.3) is 0 Å². The van der Waals surface area contributed by atoms with Gasteiger partial charge in [0.25, 0.3) is 0 Å². The molecule has 1 fully saturated rings. The summed E-state index contributed by atoms with van der Waals surface area (Å²) in [5.74, 6) is 1.55. The van der Waals surface area contributed by atoms with Gasteiger partial charge in [0.15, 0.2) is 5.66 Å². The van der Waals surface area contributed by atoms with Crippen LogP contribution >= 0.6 is 0 Å². The molecule has 0 spiro atoms. The first-order valence-corrected chi connectivity index (χ1v) is 7.24. The molecule has 23 heavy (non-hydrogen) atoms. The maximum Gasteiger partial charge on any atom is 0.406 e. The van der Waals surface area contributed by atoms with Crippen LogP contribution in [0.1, 0.15) is 32.1 Å². The van der Waals surface area contributed by atoms with Crippen LogP contribution < -0.4 is 5.32 Å². The van der Waals surface area contributed by atoms with Gasteiger partial charge in [-0.3, -0.25) is 9.59 Å². The molecule has 2 amide bonds. The van der Waals surface area contributed by atoms with Crippen molar-refractivity contribution in [2.24, 2.45) is 10.2 Å². The Bertz CT molecular complexity index is 547. The van der Waals surface area contributed by atoms with E-state index in [1.54, 1.807) is 0 Å². The second-order valence-electron chi connectivity index (χ2n) is 5.74. The molecule has 0 aromatic rings. The van der Waals surface area contributed by atoms with Gasteiger partial charge < -0.3 is 10.2 Å². The summed E-state index contributed by atoms with van der Waals surface area (Å²) in [5, 5.41) is 10.4. The van der Waals surface area contributed by atoms with Crippen LogP contribution in [0.4, 0.5) is 13.2 Å². The minimum Gasteiger partial charge on any atom is -0.351 e. The maximum atomic E-state index is 12.3. The van der Waals surface area contributed by atoms with E-state index in [4.69, 9.17) is 6.42 Å². The summed E-state index contributed by atoms with van der Waals surface area (Å²) in [5.41, 5.74) is -0.572. The van der Waals surface area contributed by atoms with Crippen LogP contribution in [0.15, 0.2) is 10.2 Å². The van der Waals surface area contributed by atoms with Gasteiger partial charge in [-0.05, 0) is 0 Å². The number of halogens is 3. The van der Waals surface area contributed by atoms with Crippen molar-refractivity contribution in [1.82, 2.24) is 10.2 Å². The van der Waals surface area contributed by atoms with Crippen LogP contribution in [-0.4, -0.2) is 47.7 Å². The number of nitrogens with zero attached hydrogens (tertiary/aromatic N) is 3. The summed E-state index contributed by atoms with van der Waals surface area (Å²) in [7, 11) is 0. The van der Waals surface area contributed by atoms with E-state index in [1.807, 2.05) is 0 Å². The summed E-state index contributed by atoms with van der Waals surface area (Å²) in [6, 6.07) is -0.591. The fourth-order valence-corrected chi connectivity index (χ4v) is 2.52. The highest BCUT2D eigenvalue weighted by Crippen LogP contribution is 2.37. The number of hydrogen-bond donors (Lipinski definition) is 1. The lowest BCUT2D eigenvalue weighted by Gasteiger charge is -2.18. The van der Waals surface area contributed by atoms with E-state index in [1.165, 1.54) is 0 Å². The monoisotopic (exact) mass is 330 g/mol. The number of hydrogen-bond acceptors (Lipinski definition) is 4. The number of carbonyl (C=O) groups is 2. The Morgan fingerprint density at radius 2 is 2.13 bits per heavy atom. The zero-order valence-electron chi connectivity index (χ0n) is 12.4. The summed E-state index contributed by atoms with van der Waals surface area (Å²) >= 11 is 0. The van der Waals surface area contributed by atoms with Gasteiger partial charge >= 0.3 is 6.18 Å². The van der Waals surface area contributed by atoms with E-state index in [-0.39, 0.29) is 25.3 Å². The number of terminal acetylenes is 1. The number of alkyl halides is 3. The standard InChI is InChI=1S/C14H17F3N4O2/c1-2-3-5-13(19-20-13)6-4-11(22)18-10-7-12(23)21(8-10)9-14(15,16)17/h1,10H,3-9H2,(H,18,22). The molecule has 0 radical (unpaired) electrons. The Labute approximate surface area is 131 Å². The second-order valence-corrected chi connectivity index (χ2v) is 5.74. The number of nitrogens with one attached hydrogen (secondary N) is 1. The average Bonchev–Trinajstić information content (AvgIpc) is 3.14. The van der Waals surface area contributed by atoms with Crippen molar-refractivity contribution in [2.45, 2.75) is 50.0 Å². The zero-order valence-corrected chi connectivity index (χ0v) is 12.4. The second kappa shape index (κ2) is 6.56. The van der Waals surface area contributed by atoms with Gasteiger partial charge in [-0.25, -0.2) is 0 Å². The van der Waals surface area contributed by atoms with E-state index < -0.39 is 30.3 Å². The highest BCUT2D eigenvalue weighted by Gasteiger charge is 2.41. The van der Waals surface area contributed by atoms with E-state index in [9.17, 15) is 22.8 Å². The predicted molar refractivity (Wildman–Crippen MR) is 74.1 cm³/mol. The van der Waals surface area contributed by atoms with Gasteiger partial charge in [-0.15, -0.1) is 12.3 Å². The molecule has 6 nitrogen and oxygen atoms in total. The van der Waals surface area contributed by atoms with Crippen LogP contribution in [0, 0.1) is 12.3 Å². The summed E-state index contributed by atoms with van der Waals surface area (Å²) in [6.07, 6.45) is 2.26. The number of rotatable bonds is 7. The predicted octanol–water partition coefficient (Wildman–Crippen LogP) is 1.62. The Hall–Kier alpha value is -2.11. The minimum atomic E-state index is -4.44. The van der Waals surface area contributed by atoms with Gasteiger partial charge in [0.1, 0.15) is 6.54 Å². The van der Waals surface area contributed by atoms with Crippen molar-refractivity contribution in [3.63, 3.8) is 0 Å². The fraction of sp³-hybridized carbons (Fsp3) is 0.714. The molecule has 0 aliphatic carbocycles. The lowest BCUT2D eigenvalue weighted by molar-refractivity contribution is -0.157. The summed E-state index contributed by atoms with van der Waals surface area (Å²) in [6.45, 7) is -1.41. The van der Waals surface area contributed by atoms with Gasteiger partial charge in [0.2, 0.25) is 11.8 Å². The van der Waals surface area contributed by atoms with Crippen molar-refractivity contribution in [3.05, 3.63) is 0 Å². The molecular weight excluding hydrogens is 313 g/mol.